The molecular formula is C66H46N6S. The fourth-order valence-corrected chi connectivity index (χ4v) is 13.3. The molecular weight excluding hydrogens is 909 g/mol. The number of hydrogen-bond acceptors (Lipinski definition) is 6. The van der Waals surface area contributed by atoms with Crippen molar-refractivity contribution in [3.05, 3.63) is 279 Å². The Kier molecular flexibility index (Phi) is 12.3. The normalized spacial score (nSPS) is 11.5. The molecule has 0 atom stereocenters. The number of nitrogens with zero attached hydrogens (tertiary/aromatic N) is 6. The van der Waals surface area contributed by atoms with Gasteiger partial charge in [0.25, 0.3) is 0 Å². The highest BCUT2D eigenvalue weighted by molar-refractivity contribution is 8.34. The second-order valence-electron chi connectivity index (χ2n) is 17.5. The minimum absolute atomic E-state index is 0.585. The Morgan fingerprint density at radius 1 is 0.164 bits per heavy atom. The first-order valence-electron chi connectivity index (χ1n) is 24.2. The summed E-state index contributed by atoms with van der Waals surface area (Å²) >= 11 is 0. The minimum Gasteiger partial charge on any atom is -0.208 e. The summed E-state index contributed by atoms with van der Waals surface area (Å²) in [6.07, 6.45) is 0. The monoisotopic (exact) mass is 954 g/mol. The van der Waals surface area contributed by atoms with E-state index in [0.717, 1.165) is 65.4 Å². The van der Waals surface area contributed by atoms with Gasteiger partial charge in [-0.15, -0.1) is 10.0 Å². The van der Waals surface area contributed by atoms with Gasteiger partial charge in [0.1, 0.15) is 0 Å². The quantitative estimate of drug-likeness (QED) is 0.121. The van der Waals surface area contributed by atoms with Gasteiger partial charge in [0.05, 0.1) is 0 Å². The second-order valence-corrected chi connectivity index (χ2v) is 20.6. The Labute approximate surface area is 426 Å². The van der Waals surface area contributed by atoms with Gasteiger partial charge >= 0.3 is 0 Å². The average Bonchev–Trinajstić information content (AvgIpc) is 3.49. The summed E-state index contributed by atoms with van der Waals surface area (Å²) in [6, 6.07) is 97.2. The van der Waals surface area contributed by atoms with Crippen molar-refractivity contribution in [2.75, 3.05) is 0 Å². The molecule has 0 amide bonds. The SMILES string of the molecule is c1ccc(-c2cccc(-c3nc(-c4ccccc4)nc(-c4cccc(S(c5ccccc5)(c5ccccc5)c5cccc(-c6nc(-c7ccccc7)nc(-c7cccc(-c8ccccc8)c7)n6)c5)c4)n3)c2)cc1. The number of benzene rings is 10. The molecule has 0 aliphatic rings. The topological polar surface area (TPSA) is 77.3 Å². The van der Waals surface area contributed by atoms with Crippen LogP contribution >= 0.6 is 10.0 Å². The maximum Gasteiger partial charge on any atom is 0.164 e. The summed E-state index contributed by atoms with van der Waals surface area (Å²) in [5.74, 6) is 3.58. The van der Waals surface area contributed by atoms with Gasteiger partial charge in [-0.3, -0.25) is 0 Å². The smallest absolute Gasteiger partial charge is 0.164 e. The molecule has 0 spiro atoms. The van der Waals surface area contributed by atoms with Crippen molar-refractivity contribution in [3.8, 4) is 90.6 Å². The number of rotatable bonds is 12. The molecule has 7 heteroatoms. The van der Waals surface area contributed by atoms with Crippen LogP contribution < -0.4 is 0 Å². The molecule has 6 nitrogen and oxygen atoms in total. The minimum atomic E-state index is -2.24. The maximum atomic E-state index is 5.28. The summed E-state index contributed by atoms with van der Waals surface area (Å²) in [4.78, 5) is 35.9. The standard InChI is InChI=1S/C66H46N6S/c1-7-23-47(24-8-1)51-31-19-33-53(43-51)63-67-61(49-27-11-3-12-28-49)69-65(71-63)55-35-21-41-59(45-55)73(57-37-15-5-16-38-57,58-39-17-6-18-40-58)60-42-22-36-56(46-60)66-70-62(50-29-13-4-14-30-50)68-64(72-66)54-34-20-32-52(44-54)48-25-9-2-10-26-48/h1-46H. The Balaban J connectivity index is 1.04. The summed E-state index contributed by atoms with van der Waals surface area (Å²) < 4.78 is 0. The lowest BCUT2D eigenvalue weighted by molar-refractivity contribution is 1.07. The second kappa shape index (κ2) is 20.1. The van der Waals surface area contributed by atoms with Gasteiger partial charge in [0, 0.05) is 53.0 Å². The van der Waals surface area contributed by atoms with Gasteiger partial charge in [-0.25, -0.2) is 29.9 Å². The van der Waals surface area contributed by atoms with Gasteiger partial charge < -0.3 is 0 Å². The lowest BCUT2D eigenvalue weighted by Gasteiger charge is -2.42. The summed E-state index contributed by atoms with van der Waals surface area (Å²) in [5, 5.41) is 0. The molecule has 0 saturated carbocycles. The maximum absolute atomic E-state index is 5.28. The van der Waals surface area contributed by atoms with Crippen LogP contribution in [0.1, 0.15) is 0 Å². The van der Waals surface area contributed by atoms with Crippen LogP contribution in [-0.2, 0) is 0 Å². The van der Waals surface area contributed by atoms with Gasteiger partial charge in [-0.2, -0.15) is 0 Å². The first-order valence-corrected chi connectivity index (χ1v) is 25.9. The van der Waals surface area contributed by atoms with Crippen LogP contribution in [0.2, 0.25) is 0 Å². The summed E-state index contributed by atoms with van der Waals surface area (Å²) in [7, 11) is -2.24. The van der Waals surface area contributed by atoms with Crippen LogP contribution in [-0.4, -0.2) is 29.9 Å². The average molecular weight is 955 g/mol. The van der Waals surface area contributed by atoms with Crippen LogP contribution in [0, 0.1) is 0 Å². The summed E-state index contributed by atoms with van der Waals surface area (Å²) in [5.41, 5.74) is 9.83. The van der Waals surface area contributed by atoms with E-state index < -0.39 is 10.0 Å². The van der Waals surface area contributed by atoms with E-state index in [1.165, 1.54) is 9.79 Å². The molecule has 73 heavy (non-hydrogen) atoms. The number of aromatic nitrogens is 6. The molecule has 0 aliphatic carbocycles. The van der Waals surface area contributed by atoms with Gasteiger partial charge in [0.2, 0.25) is 0 Å². The molecule has 0 saturated heterocycles. The highest BCUT2D eigenvalue weighted by Crippen LogP contribution is 2.73. The van der Waals surface area contributed by atoms with Crippen molar-refractivity contribution in [1.82, 2.24) is 29.9 Å². The van der Waals surface area contributed by atoms with E-state index in [-0.39, 0.29) is 0 Å². The van der Waals surface area contributed by atoms with E-state index in [1.54, 1.807) is 0 Å². The van der Waals surface area contributed by atoms with E-state index in [9.17, 15) is 0 Å². The molecule has 0 N–H and O–H groups in total. The van der Waals surface area contributed by atoms with Gasteiger partial charge in [-0.05, 0) is 82.9 Å². The summed E-state index contributed by atoms with van der Waals surface area (Å²) in [6.45, 7) is 0. The molecule has 0 radical (unpaired) electrons. The molecule has 0 fully saturated rings. The molecule has 0 bridgehead atoms. The van der Waals surface area contributed by atoms with Gasteiger partial charge in [0.15, 0.2) is 34.9 Å². The molecule has 0 aliphatic heterocycles. The van der Waals surface area contributed by atoms with Crippen molar-refractivity contribution in [1.29, 1.82) is 0 Å². The largest absolute Gasteiger partial charge is 0.208 e. The third-order valence-electron chi connectivity index (χ3n) is 12.9. The number of hydrogen-bond donors (Lipinski definition) is 0. The first-order chi connectivity index (χ1) is 36.2. The van der Waals surface area contributed by atoms with Crippen LogP contribution in [0.15, 0.2) is 299 Å². The molecule has 10 aromatic carbocycles. The van der Waals surface area contributed by atoms with Crippen molar-refractivity contribution < 1.29 is 0 Å². The third-order valence-corrected chi connectivity index (χ3v) is 16.8. The van der Waals surface area contributed by atoms with Crippen molar-refractivity contribution in [3.63, 3.8) is 0 Å². The Morgan fingerprint density at radius 2 is 0.384 bits per heavy atom. The predicted molar refractivity (Wildman–Crippen MR) is 297 cm³/mol. The Hall–Kier alpha value is -9.43. The van der Waals surface area contributed by atoms with Gasteiger partial charge in [-0.1, -0.05) is 218 Å². The Bertz CT molecular complexity index is 3590. The predicted octanol–water partition coefficient (Wildman–Crippen LogP) is 16.7. The van der Waals surface area contributed by atoms with Crippen LogP contribution in [0.3, 0.4) is 0 Å². The lowest BCUT2D eigenvalue weighted by atomic mass is 10.0. The van der Waals surface area contributed by atoms with Crippen molar-refractivity contribution >= 4 is 10.0 Å². The van der Waals surface area contributed by atoms with Crippen molar-refractivity contribution in [2.45, 2.75) is 19.6 Å². The molecule has 2 aromatic heterocycles. The third kappa shape index (κ3) is 9.13. The molecule has 12 rings (SSSR count). The Morgan fingerprint density at radius 3 is 0.712 bits per heavy atom. The van der Waals surface area contributed by atoms with Crippen molar-refractivity contribution in [2.24, 2.45) is 0 Å². The zero-order chi connectivity index (χ0) is 48.8. The van der Waals surface area contributed by atoms with E-state index in [2.05, 4.69) is 206 Å². The lowest BCUT2D eigenvalue weighted by Crippen LogP contribution is -2.06. The molecule has 346 valence electrons. The zero-order valence-electron chi connectivity index (χ0n) is 39.6. The van der Waals surface area contributed by atoms with Crippen LogP contribution in [0.5, 0.6) is 0 Å². The molecule has 2 heterocycles. The highest BCUT2D eigenvalue weighted by atomic mass is 32.3. The molecule has 12 aromatic rings. The zero-order valence-corrected chi connectivity index (χ0v) is 40.5. The molecule has 0 unspecified atom stereocenters. The fraction of sp³-hybridized carbons (Fsp3) is 0. The van der Waals surface area contributed by atoms with Crippen LogP contribution in [0.4, 0.5) is 0 Å². The van der Waals surface area contributed by atoms with E-state index in [4.69, 9.17) is 29.9 Å². The highest BCUT2D eigenvalue weighted by Gasteiger charge is 2.34. The van der Waals surface area contributed by atoms with E-state index in [1.807, 2.05) is 72.8 Å². The first kappa shape index (κ1) is 44.8. The van der Waals surface area contributed by atoms with E-state index in [0.29, 0.717) is 34.9 Å². The van der Waals surface area contributed by atoms with Crippen LogP contribution in [0.25, 0.3) is 90.6 Å². The van der Waals surface area contributed by atoms with E-state index >= 15 is 0 Å². The fourth-order valence-electron chi connectivity index (χ4n) is 9.35.